The largest absolute Gasteiger partial charge is 0.506 e. The van der Waals surface area contributed by atoms with Crippen LogP contribution < -0.4 is 0 Å². The fourth-order valence-corrected chi connectivity index (χ4v) is 1.71. The Kier molecular flexibility index (Phi) is 1.74. The molecule has 2 rings (SSSR count). The van der Waals surface area contributed by atoms with Crippen molar-refractivity contribution < 1.29 is 5.11 Å². The molecule has 0 saturated heterocycles. The molecular weight excluding hydrogens is 186 g/mol. The molecule has 0 aliphatic heterocycles. The van der Waals surface area contributed by atoms with Crippen molar-refractivity contribution in [2.45, 2.75) is 6.92 Å². The van der Waals surface area contributed by atoms with Gasteiger partial charge in [0.25, 0.3) is 0 Å². The van der Waals surface area contributed by atoms with Crippen LogP contribution in [0.4, 0.5) is 0 Å². The molecule has 0 spiro atoms. The highest BCUT2D eigenvalue weighted by atomic mass is 35.5. The third kappa shape index (κ3) is 1.10. The van der Waals surface area contributed by atoms with Crippen LogP contribution in [0.15, 0.2) is 18.2 Å². The maximum atomic E-state index is 9.38. The van der Waals surface area contributed by atoms with E-state index in [0.29, 0.717) is 5.02 Å². The van der Waals surface area contributed by atoms with Gasteiger partial charge in [-0.05, 0) is 25.1 Å². The van der Waals surface area contributed by atoms with Gasteiger partial charge in [0.05, 0.1) is 5.02 Å². The fraction of sp³-hybridized carbons (Fsp3) is 0.200. The van der Waals surface area contributed by atoms with E-state index in [0.717, 1.165) is 16.6 Å². The molecule has 0 fully saturated rings. The van der Waals surface area contributed by atoms with E-state index in [1.165, 1.54) is 0 Å². The first kappa shape index (κ1) is 8.45. The van der Waals surface area contributed by atoms with Crippen molar-refractivity contribution in [3.63, 3.8) is 0 Å². The molecule has 0 aliphatic rings. The summed E-state index contributed by atoms with van der Waals surface area (Å²) in [5.41, 5.74) is 2.17. The number of nitrogens with zero attached hydrogens (tertiary/aromatic N) is 1. The van der Waals surface area contributed by atoms with E-state index in [9.17, 15) is 5.11 Å². The van der Waals surface area contributed by atoms with Gasteiger partial charge in [0, 0.05) is 23.6 Å². The monoisotopic (exact) mass is 195 g/mol. The zero-order valence-electron chi connectivity index (χ0n) is 7.50. The first-order chi connectivity index (χ1) is 6.11. The van der Waals surface area contributed by atoms with Crippen LogP contribution in [0.3, 0.4) is 0 Å². The Bertz CT molecular complexity index is 473. The van der Waals surface area contributed by atoms with Crippen LogP contribution in [0.25, 0.3) is 10.9 Å². The second-order valence-corrected chi connectivity index (χ2v) is 3.55. The summed E-state index contributed by atoms with van der Waals surface area (Å²) >= 11 is 5.95. The minimum Gasteiger partial charge on any atom is -0.506 e. The SMILES string of the molecule is Cc1cc2c(Cl)c(O)ccc2n1C. The first-order valence-corrected chi connectivity index (χ1v) is 4.42. The Labute approximate surface area is 81.4 Å². The van der Waals surface area contributed by atoms with Crippen LogP contribution in [0, 0.1) is 6.92 Å². The summed E-state index contributed by atoms with van der Waals surface area (Å²) in [5.74, 6) is 0.139. The highest BCUT2D eigenvalue weighted by molar-refractivity contribution is 6.36. The van der Waals surface area contributed by atoms with Crippen molar-refractivity contribution in [3.05, 3.63) is 28.9 Å². The van der Waals surface area contributed by atoms with Gasteiger partial charge >= 0.3 is 0 Å². The topological polar surface area (TPSA) is 25.2 Å². The number of aromatic hydroxyl groups is 1. The van der Waals surface area contributed by atoms with E-state index in [1.54, 1.807) is 6.07 Å². The quantitative estimate of drug-likeness (QED) is 0.687. The lowest BCUT2D eigenvalue weighted by molar-refractivity contribution is 0.476. The normalized spacial score (nSPS) is 11.0. The minimum absolute atomic E-state index is 0.139. The number of rotatable bonds is 0. The van der Waals surface area contributed by atoms with E-state index >= 15 is 0 Å². The van der Waals surface area contributed by atoms with Gasteiger partial charge in [-0.2, -0.15) is 0 Å². The zero-order chi connectivity index (χ0) is 9.59. The number of phenols is 1. The summed E-state index contributed by atoms with van der Waals surface area (Å²) in [7, 11) is 1.98. The first-order valence-electron chi connectivity index (χ1n) is 4.05. The standard InChI is InChI=1S/C10H10ClNO/c1-6-5-7-8(12(6)2)3-4-9(13)10(7)11/h3-5,13H,1-2H3. The molecule has 1 aromatic heterocycles. The Morgan fingerprint density at radius 1 is 1.38 bits per heavy atom. The van der Waals surface area contributed by atoms with Crippen LogP contribution >= 0.6 is 11.6 Å². The molecule has 68 valence electrons. The lowest BCUT2D eigenvalue weighted by atomic mass is 10.2. The Balaban J connectivity index is 2.94. The Morgan fingerprint density at radius 2 is 2.08 bits per heavy atom. The number of aryl methyl sites for hydroxylation is 2. The summed E-state index contributed by atoms with van der Waals surface area (Å²) < 4.78 is 2.04. The number of hydrogen-bond donors (Lipinski definition) is 1. The number of fused-ring (bicyclic) bond motifs is 1. The average molecular weight is 196 g/mol. The third-order valence-electron chi connectivity index (χ3n) is 2.38. The summed E-state index contributed by atoms with van der Waals surface area (Å²) in [4.78, 5) is 0. The second kappa shape index (κ2) is 2.67. The number of aromatic nitrogens is 1. The number of phenolic OH excluding ortho intramolecular Hbond substituents is 1. The minimum atomic E-state index is 0.139. The fourth-order valence-electron chi connectivity index (χ4n) is 1.50. The highest BCUT2D eigenvalue weighted by Gasteiger charge is 2.08. The van der Waals surface area contributed by atoms with Crippen LogP contribution in [0.5, 0.6) is 5.75 Å². The maximum absolute atomic E-state index is 9.38. The molecule has 2 aromatic rings. The molecule has 0 unspecified atom stereocenters. The van der Waals surface area contributed by atoms with Gasteiger partial charge in [-0.25, -0.2) is 0 Å². The molecule has 0 aliphatic carbocycles. The van der Waals surface area contributed by atoms with Crippen molar-refractivity contribution in [1.82, 2.24) is 4.57 Å². The van der Waals surface area contributed by atoms with Gasteiger partial charge in [0.2, 0.25) is 0 Å². The molecule has 0 amide bonds. The lowest BCUT2D eigenvalue weighted by Gasteiger charge is -2.00. The predicted molar refractivity (Wildman–Crippen MR) is 54.3 cm³/mol. The summed E-state index contributed by atoms with van der Waals surface area (Å²) in [5, 5.41) is 10.7. The third-order valence-corrected chi connectivity index (χ3v) is 2.78. The molecule has 0 radical (unpaired) electrons. The molecule has 1 aromatic carbocycles. The van der Waals surface area contributed by atoms with Crippen molar-refractivity contribution in [3.8, 4) is 5.75 Å². The summed E-state index contributed by atoms with van der Waals surface area (Å²) in [6, 6.07) is 5.45. The lowest BCUT2D eigenvalue weighted by Crippen LogP contribution is -1.88. The number of benzene rings is 1. The van der Waals surface area contributed by atoms with E-state index in [1.807, 2.05) is 30.7 Å². The summed E-state index contributed by atoms with van der Waals surface area (Å²) in [6.07, 6.45) is 0. The van der Waals surface area contributed by atoms with Crippen LogP contribution in [-0.4, -0.2) is 9.67 Å². The van der Waals surface area contributed by atoms with Gasteiger partial charge in [0.15, 0.2) is 0 Å². The zero-order valence-corrected chi connectivity index (χ0v) is 8.26. The molecule has 2 nitrogen and oxygen atoms in total. The van der Waals surface area contributed by atoms with E-state index < -0.39 is 0 Å². The number of halogens is 1. The smallest absolute Gasteiger partial charge is 0.134 e. The van der Waals surface area contributed by atoms with Crippen molar-refractivity contribution in [1.29, 1.82) is 0 Å². The molecule has 0 saturated carbocycles. The van der Waals surface area contributed by atoms with Crippen molar-refractivity contribution in [2.24, 2.45) is 7.05 Å². The van der Waals surface area contributed by atoms with Gasteiger partial charge in [0.1, 0.15) is 5.75 Å². The van der Waals surface area contributed by atoms with Crippen molar-refractivity contribution in [2.75, 3.05) is 0 Å². The average Bonchev–Trinajstić information content (AvgIpc) is 2.38. The summed E-state index contributed by atoms with van der Waals surface area (Å²) in [6.45, 7) is 2.01. The maximum Gasteiger partial charge on any atom is 0.134 e. The molecule has 13 heavy (non-hydrogen) atoms. The molecule has 3 heteroatoms. The van der Waals surface area contributed by atoms with Gasteiger partial charge < -0.3 is 9.67 Å². The molecule has 0 bridgehead atoms. The molecule has 0 atom stereocenters. The molecule has 1 N–H and O–H groups in total. The predicted octanol–water partition coefficient (Wildman–Crippen LogP) is 2.85. The van der Waals surface area contributed by atoms with Gasteiger partial charge in [-0.15, -0.1) is 0 Å². The molecular formula is C10H10ClNO. The molecule has 1 heterocycles. The second-order valence-electron chi connectivity index (χ2n) is 3.18. The van der Waals surface area contributed by atoms with Crippen LogP contribution in [0.2, 0.25) is 5.02 Å². The Hall–Kier alpha value is -1.15. The van der Waals surface area contributed by atoms with E-state index in [-0.39, 0.29) is 5.75 Å². The van der Waals surface area contributed by atoms with E-state index in [2.05, 4.69) is 0 Å². The van der Waals surface area contributed by atoms with E-state index in [4.69, 9.17) is 11.6 Å². The van der Waals surface area contributed by atoms with Crippen molar-refractivity contribution >= 4 is 22.5 Å². The highest BCUT2D eigenvalue weighted by Crippen LogP contribution is 2.33. The van der Waals surface area contributed by atoms with Gasteiger partial charge in [-0.3, -0.25) is 0 Å². The Morgan fingerprint density at radius 3 is 2.77 bits per heavy atom. The van der Waals surface area contributed by atoms with Gasteiger partial charge in [-0.1, -0.05) is 11.6 Å². The van der Waals surface area contributed by atoms with Crippen LogP contribution in [-0.2, 0) is 7.05 Å². The van der Waals surface area contributed by atoms with Crippen LogP contribution in [0.1, 0.15) is 5.69 Å². The number of hydrogen-bond acceptors (Lipinski definition) is 1.